The van der Waals surface area contributed by atoms with Gasteiger partial charge in [0.05, 0.1) is 0 Å². The number of benzene rings is 1. The molecule has 0 amide bonds. The third-order valence-corrected chi connectivity index (χ3v) is 6.10. The largest absolute Gasteiger partial charge is 0.356 e. The van der Waals surface area contributed by atoms with E-state index in [0.29, 0.717) is 5.92 Å². The maximum absolute atomic E-state index is 4.53. The van der Waals surface area contributed by atoms with Crippen LogP contribution in [0.2, 0.25) is 0 Å². The maximum atomic E-state index is 4.53. The number of nitrogens with zero attached hydrogens (tertiary/aromatic N) is 6. The molecule has 31 heavy (non-hydrogen) atoms. The number of nitrogens with one attached hydrogen (secondary N) is 1. The highest BCUT2D eigenvalue weighted by atomic mass is 127. The summed E-state index contributed by atoms with van der Waals surface area (Å²) in [5, 5.41) is 3.63. The highest BCUT2D eigenvalue weighted by Gasteiger charge is 2.24. The van der Waals surface area contributed by atoms with Crippen molar-refractivity contribution in [2.45, 2.75) is 12.8 Å². The van der Waals surface area contributed by atoms with Crippen molar-refractivity contribution in [3.63, 3.8) is 0 Å². The minimum absolute atomic E-state index is 0. The summed E-state index contributed by atoms with van der Waals surface area (Å²) in [6, 6.07) is 12.7. The van der Waals surface area contributed by atoms with Crippen LogP contribution in [0.3, 0.4) is 0 Å². The first kappa shape index (κ1) is 23.7. The Labute approximate surface area is 203 Å². The van der Waals surface area contributed by atoms with E-state index in [9.17, 15) is 0 Å². The minimum Gasteiger partial charge on any atom is -0.356 e. The molecule has 0 aliphatic carbocycles. The molecule has 1 aromatic heterocycles. The molecule has 1 atom stereocenters. The Morgan fingerprint density at radius 3 is 2.48 bits per heavy atom. The van der Waals surface area contributed by atoms with E-state index in [1.54, 1.807) is 12.4 Å². The van der Waals surface area contributed by atoms with Crippen LogP contribution in [-0.4, -0.2) is 85.1 Å². The molecule has 2 aliphatic heterocycles. The van der Waals surface area contributed by atoms with Crippen molar-refractivity contribution in [2.24, 2.45) is 10.9 Å². The molecule has 3 heterocycles. The lowest BCUT2D eigenvalue weighted by molar-refractivity contribution is 0.325. The average Bonchev–Trinajstić information content (AvgIpc) is 3.28. The third kappa shape index (κ3) is 6.77. The number of hydrogen-bond acceptors (Lipinski definition) is 5. The summed E-state index contributed by atoms with van der Waals surface area (Å²) in [6.45, 7) is 8.24. The summed E-state index contributed by atoms with van der Waals surface area (Å²) in [5.41, 5.74) is 1.43. The van der Waals surface area contributed by atoms with Crippen LogP contribution < -0.4 is 10.2 Å². The fourth-order valence-electron chi connectivity index (χ4n) is 4.36. The van der Waals surface area contributed by atoms with Gasteiger partial charge in [-0.3, -0.25) is 4.99 Å². The summed E-state index contributed by atoms with van der Waals surface area (Å²) in [7, 11) is 1.88. The van der Waals surface area contributed by atoms with Gasteiger partial charge in [-0.2, -0.15) is 0 Å². The van der Waals surface area contributed by atoms with Gasteiger partial charge in [0.15, 0.2) is 5.96 Å². The van der Waals surface area contributed by atoms with Crippen molar-refractivity contribution in [3.8, 4) is 0 Å². The summed E-state index contributed by atoms with van der Waals surface area (Å²) >= 11 is 0. The van der Waals surface area contributed by atoms with Gasteiger partial charge in [0.25, 0.3) is 0 Å². The van der Waals surface area contributed by atoms with Gasteiger partial charge in [0, 0.05) is 65.3 Å². The van der Waals surface area contributed by atoms with Crippen LogP contribution in [0.25, 0.3) is 0 Å². The van der Waals surface area contributed by atoms with Crippen LogP contribution in [0.1, 0.15) is 12.0 Å². The molecule has 2 aromatic rings. The summed E-state index contributed by atoms with van der Waals surface area (Å²) in [5.74, 6) is 2.53. The molecule has 1 aromatic carbocycles. The lowest BCUT2D eigenvalue weighted by Gasteiger charge is -2.36. The molecule has 1 N–H and O–H groups in total. The SMILES string of the molecule is CN=C(NCC1CCN(CCc2ccccc2)C1)N1CCN(c2ncccn2)CC1.I. The molecule has 2 aliphatic rings. The van der Waals surface area contributed by atoms with Gasteiger partial charge in [-0.1, -0.05) is 30.3 Å². The second-order valence-corrected chi connectivity index (χ2v) is 8.14. The lowest BCUT2D eigenvalue weighted by Crippen LogP contribution is -2.53. The zero-order valence-corrected chi connectivity index (χ0v) is 20.7. The monoisotopic (exact) mass is 535 g/mol. The fraction of sp³-hybridized carbons (Fsp3) is 0.522. The number of piperazine rings is 1. The predicted octanol–water partition coefficient (Wildman–Crippen LogP) is 2.36. The zero-order chi connectivity index (χ0) is 20.6. The first-order valence-electron chi connectivity index (χ1n) is 11.1. The van der Waals surface area contributed by atoms with Crippen molar-refractivity contribution in [1.82, 2.24) is 25.1 Å². The van der Waals surface area contributed by atoms with Crippen LogP contribution in [0.5, 0.6) is 0 Å². The molecule has 2 saturated heterocycles. The summed E-state index contributed by atoms with van der Waals surface area (Å²) in [4.78, 5) is 20.5. The normalized spacial score (nSPS) is 19.9. The highest BCUT2D eigenvalue weighted by Crippen LogP contribution is 2.16. The number of guanidine groups is 1. The van der Waals surface area contributed by atoms with Crippen molar-refractivity contribution in [2.75, 3.05) is 64.3 Å². The number of aromatic nitrogens is 2. The molecule has 1 unspecified atom stereocenters. The molecule has 2 fully saturated rings. The Morgan fingerprint density at radius 2 is 1.77 bits per heavy atom. The number of anilines is 1. The third-order valence-electron chi connectivity index (χ3n) is 6.10. The number of aliphatic imine (C=N–C) groups is 1. The molecule has 168 valence electrons. The van der Waals surface area contributed by atoms with Crippen LogP contribution >= 0.6 is 24.0 Å². The van der Waals surface area contributed by atoms with Gasteiger partial charge < -0.3 is 20.0 Å². The molecule has 0 bridgehead atoms. The molecule has 4 rings (SSSR count). The second-order valence-electron chi connectivity index (χ2n) is 8.14. The summed E-state index contributed by atoms with van der Waals surface area (Å²) < 4.78 is 0. The molecule has 0 saturated carbocycles. The Balaban J connectivity index is 0.00000272. The smallest absolute Gasteiger partial charge is 0.225 e. The topological polar surface area (TPSA) is 59.9 Å². The number of rotatable bonds is 6. The maximum Gasteiger partial charge on any atom is 0.225 e. The zero-order valence-electron chi connectivity index (χ0n) is 18.4. The van der Waals surface area contributed by atoms with E-state index in [-0.39, 0.29) is 24.0 Å². The van der Waals surface area contributed by atoms with Crippen molar-refractivity contribution >= 4 is 35.9 Å². The van der Waals surface area contributed by atoms with E-state index in [1.807, 2.05) is 13.1 Å². The van der Waals surface area contributed by atoms with Crippen molar-refractivity contribution in [1.29, 1.82) is 0 Å². The fourth-order valence-corrected chi connectivity index (χ4v) is 4.36. The molecule has 7 nitrogen and oxygen atoms in total. The van der Waals surface area contributed by atoms with Gasteiger partial charge in [-0.05, 0) is 36.9 Å². The van der Waals surface area contributed by atoms with Crippen LogP contribution in [0.15, 0.2) is 53.8 Å². The predicted molar refractivity (Wildman–Crippen MR) is 137 cm³/mol. The van der Waals surface area contributed by atoms with Gasteiger partial charge in [-0.15, -0.1) is 24.0 Å². The Hall–Kier alpha value is -1.94. The number of hydrogen-bond donors (Lipinski definition) is 1. The Kier molecular flexibility index (Phi) is 9.32. The number of halogens is 1. The van der Waals surface area contributed by atoms with Gasteiger partial charge >= 0.3 is 0 Å². The van der Waals surface area contributed by atoms with Crippen molar-refractivity contribution in [3.05, 3.63) is 54.4 Å². The second kappa shape index (κ2) is 12.2. The first-order valence-corrected chi connectivity index (χ1v) is 11.1. The average molecular weight is 535 g/mol. The van der Waals surface area contributed by atoms with Gasteiger partial charge in [0.1, 0.15) is 0 Å². The van der Waals surface area contributed by atoms with Crippen molar-refractivity contribution < 1.29 is 0 Å². The molecule has 0 radical (unpaired) electrons. The Bertz CT molecular complexity index is 794. The van der Waals surface area contributed by atoms with E-state index in [2.05, 4.69) is 65.3 Å². The first-order chi connectivity index (χ1) is 14.8. The van der Waals surface area contributed by atoms with Crippen LogP contribution in [-0.2, 0) is 6.42 Å². The van der Waals surface area contributed by atoms with E-state index < -0.39 is 0 Å². The van der Waals surface area contributed by atoms with Gasteiger partial charge in [0.2, 0.25) is 5.95 Å². The lowest BCUT2D eigenvalue weighted by atomic mass is 10.1. The van der Waals surface area contributed by atoms with Gasteiger partial charge in [-0.25, -0.2) is 9.97 Å². The minimum atomic E-state index is 0. The molecular formula is C23H34IN7. The van der Waals surface area contributed by atoms with E-state index in [1.165, 1.54) is 25.1 Å². The summed E-state index contributed by atoms with van der Waals surface area (Å²) in [6.07, 6.45) is 6.01. The Morgan fingerprint density at radius 1 is 1.03 bits per heavy atom. The van der Waals surface area contributed by atoms with E-state index in [4.69, 9.17) is 0 Å². The molecule has 8 heteroatoms. The molecular weight excluding hydrogens is 501 g/mol. The van der Waals surface area contributed by atoms with Crippen LogP contribution in [0.4, 0.5) is 5.95 Å². The highest BCUT2D eigenvalue weighted by molar-refractivity contribution is 14.0. The van der Waals surface area contributed by atoms with Crippen LogP contribution in [0, 0.1) is 5.92 Å². The van der Waals surface area contributed by atoms with E-state index >= 15 is 0 Å². The quantitative estimate of drug-likeness (QED) is 0.348. The van der Waals surface area contributed by atoms with E-state index in [0.717, 1.165) is 57.6 Å². The number of likely N-dealkylation sites (tertiary alicyclic amines) is 1. The molecule has 0 spiro atoms. The standard InChI is InChI=1S/C23H33N7.HI/c1-24-22(29-14-16-30(17-15-29)23-25-10-5-11-26-23)27-18-21-9-13-28(19-21)12-8-20-6-3-2-4-7-20;/h2-7,10-11,21H,8-9,12-19H2,1H3,(H,24,27);1H.